The summed E-state index contributed by atoms with van der Waals surface area (Å²) in [6, 6.07) is 7.79. The molecule has 1 aromatic carbocycles. The predicted molar refractivity (Wildman–Crippen MR) is 60.1 cm³/mol. The number of benzene rings is 1. The molecule has 74 valence electrons. The smallest absolute Gasteiger partial charge is 0.226 e. The molecule has 0 radical (unpaired) electrons. The number of nitrogens with two attached hydrogens (primary N) is 1. The maximum absolute atomic E-state index is 5.52. The molecule has 0 aliphatic carbocycles. The first-order valence-corrected chi connectivity index (χ1v) is 4.79. The molecule has 0 saturated carbocycles. The van der Waals surface area contributed by atoms with E-state index in [0.29, 0.717) is 10.5 Å². The Morgan fingerprint density at radius 1 is 1.27 bits per heavy atom. The van der Waals surface area contributed by atoms with Crippen molar-refractivity contribution in [2.24, 2.45) is 0 Å². The van der Waals surface area contributed by atoms with Gasteiger partial charge in [-0.25, -0.2) is 0 Å². The number of nitrogen functional groups attached to an aromatic ring is 1. The molecular weight excluding hydrogens is 210 g/mol. The number of H-pyrrole nitrogens is 1. The highest BCUT2D eigenvalue weighted by Gasteiger charge is 2.05. The SMILES string of the molecule is Nc1nc(=S)n2c(n1)[nH]c1ccccc12. The summed E-state index contributed by atoms with van der Waals surface area (Å²) in [5.74, 6) is 0.806. The molecule has 3 N–H and O–H groups in total. The van der Waals surface area contributed by atoms with Gasteiger partial charge in [0.15, 0.2) is 0 Å². The molecule has 0 fully saturated rings. The Bertz CT molecular complexity index is 711. The van der Waals surface area contributed by atoms with E-state index in [2.05, 4.69) is 15.0 Å². The number of anilines is 1. The first kappa shape index (κ1) is 8.37. The molecule has 15 heavy (non-hydrogen) atoms. The summed E-state index contributed by atoms with van der Waals surface area (Å²) in [4.78, 5) is 11.2. The van der Waals surface area contributed by atoms with Crippen molar-refractivity contribution < 1.29 is 0 Å². The van der Waals surface area contributed by atoms with Gasteiger partial charge in [0, 0.05) is 0 Å². The first-order valence-electron chi connectivity index (χ1n) is 4.39. The average Bonchev–Trinajstić information content (AvgIpc) is 2.54. The van der Waals surface area contributed by atoms with Gasteiger partial charge < -0.3 is 10.7 Å². The number of nitrogens with one attached hydrogen (secondary N) is 1. The highest BCUT2D eigenvalue weighted by molar-refractivity contribution is 7.71. The topological polar surface area (TPSA) is 72.0 Å². The lowest BCUT2D eigenvalue weighted by Crippen LogP contribution is -2.00. The molecule has 5 nitrogen and oxygen atoms in total. The molecule has 0 aliphatic rings. The Labute approximate surface area is 89.6 Å². The average molecular weight is 217 g/mol. The van der Waals surface area contributed by atoms with E-state index in [1.807, 2.05) is 24.3 Å². The standard InChI is InChI=1S/C9H7N5S/c10-7-12-8-11-5-3-1-2-4-6(5)14(8)9(15)13-7/h1-4H,(H3,10,11,12,13,15). The van der Waals surface area contributed by atoms with Crippen LogP contribution in [-0.4, -0.2) is 19.4 Å². The number of hydrogen-bond donors (Lipinski definition) is 2. The summed E-state index contributed by atoms with van der Waals surface area (Å²) in [5, 5.41) is 0. The van der Waals surface area contributed by atoms with E-state index in [9.17, 15) is 0 Å². The summed E-state index contributed by atoms with van der Waals surface area (Å²) in [5.41, 5.74) is 7.44. The Hall–Kier alpha value is -1.95. The second-order valence-electron chi connectivity index (χ2n) is 3.17. The monoisotopic (exact) mass is 217 g/mol. The molecule has 0 aliphatic heterocycles. The van der Waals surface area contributed by atoms with E-state index in [4.69, 9.17) is 18.0 Å². The van der Waals surface area contributed by atoms with Gasteiger partial charge in [-0.3, -0.25) is 4.40 Å². The molecule has 0 amide bonds. The van der Waals surface area contributed by atoms with Gasteiger partial charge in [0.1, 0.15) is 0 Å². The highest BCUT2D eigenvalue weighted by Crippen LogP contribution is 2.15. The zero-order valence-corrected chi connectivity index (χ0v) is 8.45. The van der Waals surface area contributed by atoms with Crippen LogP contribution < -0.4 is 5.73 Å². The molecule has 3 aromatic rings. The number of hydrogen-bond acceptors (Lipinski definition) is 4. The zero-order valence-electron chi connectivity index (χ0n) is 7.64. The van der Waals surface area contributed by atoms with Crippen molar-refractivity contribution in [1.82, 2.24) is 19.4 Å². The van der Waals surface area contributed by atoms with Crippen LogP contribution in [0.5, 0.6) is 0 Å². The molecule has 0 saturated heterocycles. The molecule has 0 bridgehead atoms. The summed E-state index contributed by atoms with van der Waals surface area (Å²) in [6.07, 6.45) is 0. The van der Waals surface area contributed by atoms with Gasteiger partial charge >= 0.3 is 0 Å². The number of rotatable bonds is 0. The Kier molecular flexibility index (Phi) is 1.54. The predicted octanol–water partition coefficient (Wildman–Crippen LogP) is 1.52. The molecule has 0 atom stereocenters. The van der Waals surface area contributed by atoms with E-state index in [0.717, 1.165) is 11.0 Å². The van der Waals surface area contributed by atoms with Gasteiger partial charge in [-0.2, -0.15) is 9.97 Å². The fourth-order valence-electron chi connectivity index (χ4n) is 1.62. The van der Waals surface area contributed by atoms with Crippen molar-refractivity contribution in [3.8, 4) is 0 Å². The quantitative estimate of drug-likeness (QED) is 0.560. The van der Waals surface area contributed by atoms with Crippen molar-refractivity contribution in [1.29, 1.82) is 0 Å². The first-order chi connectivity index (χ1) is 7.25. The van der Waals surface area contributed by atoms with Crippen LogP contribution in [0, 0.1) is 4.77 Å². The molecule has 0 spiro atoms. The minimum absolute atomic E-state index is 0.187. The van der Waals surface area contributed by atoms with Crippen LogP contribution in [0.2, 0.25) is 0 Å². The maximum Gasteiger partial charge on any atom is 0.226 e. The lowest BCUT2D eigenvalue weighted by Gasteiger charge is -1.95. The lowest BCUT2D eigenvalue weighted by atomic mass is 10.3. The lowest BCUT2D eigenvalue weighted by molar-refractivity contribution is 1.02. The number of aromatic amines is 1. The van der Waals surface area contributed by atoms with Crippen molar-refractivity contribution in [3.63, 3.8) is 0 Å². The van der Waals surface area contributed by atoms with Gasteiger partial charge in [0.2, 0.25) is 16.5 Å². The van der Waals surface area contributed by atoms with Gasteiger partial charge in [-0.15, -0.1) is 0 Å². The normalized spacial score (nSPS) is 11.2. The molecule has 6 heteroatoms. The summed E-state index contributed by atoms with van der Waals surface area (Å²) < 4.78 is 2.18. The van der Waals surface area contributed by atoms with E-state index in [1.54, 1.807) is 4.40 Å². The van der Waals surface area contributed by atoms with Crippen LogP contribution >= 0.6 is 12.2 Å². The molecule has 3 rings (SSSR count). The van der Waals surface area contributed by atoms with Gasteiger partial charge in [0.05, 0.1) is 11.0 Å². The second kappa shape index (κ2) is 2.77. The largest absolute Gasteiger partial charge is 0.368 e. The molecular formula is C9H7N5S. The van der Waals surface area contributed by atoms with Crippen LogP contribution in [0.15, 0.2) is 24.3 Å². The zero-order chi connectivity index (χ0) is 10.4. The third-order valence-corrected chi connectivity index (χ3v) is 2.50. The maximum atomic E-state index is 5.52. The number of fused-ring (bicyclic) bond motifs is 3. The molecule has 2 aromatic heterocycles. The van der Waals surface area contributed by atoms with Crippen LogP contribution in [0.25, 0.3) is 16.8 Å². The van der Waals surface area contributed by atoms with Crippen molar-refractivity contribution in [2.75, 3.05) is 5.73 Å². The highest BCUT2D eigenvalue weighted by atomic mass is 32.1. The number of para-hydroxylation sites is 2. The number of aromatic nitrogens is 4. The van der Waals surface area contributed by atoms with Crippen LogP contribution in [0.1, 0.15) is 0 Å². The van der Waals surface area contributed by atoms with Gasteiger partial charge in [0.25, 0.3) is 0 Å². The Balaban J connectivity index is 2.67. The van der Waals surface area contributed by atoms with E-state index in [-0.39, 0.29) is 5.95 Å². The minimum Gasteiger partial charge on any atom is -0.368 e. The molecule has 0 unspecified atom stereocenters. The third-order valence-electron chi connectivity index (χ3n) is 2.23. The van der Waals surface area contributed by atoms with Gasteiger partial charge in [-0.05, 0) is 24.4 Å². The Morgan fingerprint density at radius 2 is 2.07 bits per heavy atom. The van der Waals surface area contributed by atoms with Crippen LogP contribution in [0.3, 0.4) is 0 Å². The van der Waals surface area contributed by atoms with Crippen molar-refractivity contribution in [2.45, 2.75) is 0 Å². The molecule has 2 heterocycles. The van der Waals surface area contributed by atoms with E-state index >= 15 is 0 Å². The van der Waals surface area contributed by atoms with Gasteiger partial charge in [-0.1, -0.05) is 12.1 Å². The third kappa shape index (κ3) is 1.11. The summed E-state index contributed by atoms with van der Waals surface area (Å²) in [7, 11) is 0. The van der Waals surface area contributed by atoms with Crippen LogP contribution in [0.4, 0.5) is 5.95 Å². The van der Waals surface area contributed by atoms with E-state index in [1.165, 1.54) is 0 Å². The second-order valence-corrected chi connectivity index (χ2v) is 3.53. The van der Waals surface area contributed by atoms with Crippen LogP contribution in [-0.2, 0) is 0 Å². The summed E-state index contributed by atoms with van der Waals surface area (Å²) >= 11 is 5.13. The fourth-order valence-corrected chi connectivity index (χ4v) is 1.90. The number of imidazole rings is 1. The van der Waals surface area contributed by atoms with Crippen molar-refractivity contribution >= 4 is 35.0 Å². The van der Waals surface area contributed by atoms with E-state index < -0.39 is 0 Å². The number of nitrogens with zero attached hydrogens (tertiary/aromatic N) is 3. The fraction of sp³-hybridized carbons (Fsp3) is 0. The summed E-state index contributed by atoms with van der Waals surface area (Å²) in [6.45, 7) is 0. The minimum atomic E-state index is 0.187. The Morgan fingerprint density at radius 3 is 2.93 bits per heavy atom. The van der Waals surface area contributed by atoms with Crippen molar-refractivity contribution in [3.05, 3.63) is 29.0 Å².